The van der Waals surface area contributed by atoms with Gasteiger partial charge in [0.1, 0.15) is 17.9 Å². The highest BCUT2D eigenvalue weighted by Gasteiger charge is 2.26. The highest BCUT2D eigenvalue weighted by atomic mass is 79.9. The number of nitrogens with two attached hydrogens (primary N) is 1. The van der Waals surface area contributed by atoms with Gasteiger partial charge in [0, 0.05) is 24.2 Å². The largest absolute Gasteiger partial charge is 0.368 e. The molecule has 0 aliphatic carbocycles. The predicted octanol–water partition coefficient (Wildman–Crippen LogP) is 1.85. The first-order valence-corrected chi connectivity index (χ1v) is 9.41. The molecule has 0 fully saturated rings. The molecular weight excluding hydrogens is 429 g/mol. The summed E-state index contributed by atoms with van der Waals surface area (Å²) in [6.45, 7) is 1.26. The molecule has 0 aromatic heterocycles. The average molecular weight is 450 g/mol. The Morgan fingerprint density at radius 3 is 2.11 bits per heavy atom. The number of carbonyl (C=O) groups excluding carboxylic acids is 3. The van der Waals surface area contributed by atoms with Gasteiger partial charge in [-0.3, -0.25) is 14.4 Å². The maximum atomic E-state index is 13.9. The molecule has 8 heteroatoms. The Morgan fingerprint density at radius 1 is 0.964 bits per heavy atom. The predicted molar refractivity (Wildman–Crippen MR) is 107 cm³/mol. The second-order valence-corrected chi connectivity index (χ2v) is 7.16. The van der Waals surface area contributed by atoms with Crippen molar-refractivity contribution in [2.24, 2.45) is 5.73 Å². The zero-order chi connectivity index (χ0) is 20.7. The van der Waals surface area contributed by atoms with Gasteiger partial charge in [-0.2, -0.15) is 0 Å². The van der Waals surface area contributed by atoms with Gasteiger partial charge in [-0.25, -0.2) is 4.39 Å². The third-order valence-electron chi connectivity index (χ3n) is 4.12. The van der Waals surface area contributed by atoms with E-state index in [1.165, 1.54) is 25.1 Å². The van der Waals surface area contributed by atoms with Gasteiger partial charge in [0.2, 0.25) is 17.7 Å². The van der Waals surface area contributed by atoms with Gasteiger partial charge in [-0.1, -0.05) is 52.3 Å². The number of primary amides is 1. The fraction of sp³-hybridized carbons (Fsp3) is 0.250. The Hall–Kier alpha value is -2.74. The smallest absolute Gasteiger partial charge is 0.243 e. The van der Waals surface area contributed by atoms with E-state index in [1.807, 2.05) is 12.1 Å². The first-order valence-electron chi connectivity index (χ1n) is 8.61. The topological polar surface area (TPSA) is 101 Å². The molecule has 2 rings (SSSR count). The van der Waals surface area contributed by atoms with Crippen LogP contribution in [0.15, 0.2) is 53.0 Å². The minimum atomic E-state index is -1.05. The summed E-state index contributed by atoms with van der Waals surface area (Å²) in [7, 11) is 0. The normalized spacial score (nSPS) is 12.7. The van der Waals surface area contributed by atoms with Crippen LogP contribution in [0.2, 0.25) is 0 Å². The SMILES string of the molecule is CC(=O)N[C@@H](Cc1ccccc1F)C(=O)N[C@H](Cc1ccccc1Br)C(N)=O. The minimum absolute atomic E-state index is 0.0569. The first kappa shape index (κ1) is 21.6. The van der Waals surface area contributed by atoms with Crippen molar-refractivity contribution < 1.29 is 18.8 Å². The Kier molecular flexibility index (Phi) is 7.69. The number of hydrogen-bond donors (Lipinski definition) is 3. The van der Waals surface area contributed by atoms with Crippen LogP contribution < -0.4 is 16.4 Å². The third-order valence-corrected chi connectivity index (χ3v) is 4.89. The molecule has 2 atom stereocenters. The van der Waals surface area contributed by atoms with Crippen LogP contribution in [0.3, 0.4) is 0 Å². The molecule has 0 saturated carbocycles. The Morgan fingerprint density at radius 2 is 1.54 bits per heavy atom. The summed E-state index contributed by atoms with van der Waals surface area (Å²) < 4.78 is 14.7. The molecule has 0 heterocycles. The van der Waals surface area contributed by atoms with Crippen LogP contribution in [0, 0.1) is 5.82 Å². The quantitative estimate of drug-likeness (QED) is 0.572. The molecule has 0 spiro atoms. The van der Waals surface area contributed by atoms with Crippen LogP contribution in [-0.2, 0) is 27.2 Å². The average Bonchev–Trinajstić information content (AvgIpc) is 2.63. The number of rotatable bonds is 8. The van der Waals surface area contributed by atoms with E-state index in [0.29, 0.717) is 0 Å². The molecule has 0 aliphatic rings. The van der Waals surface area contributed by atoms with E-state index in [1.54, 1.807) is 18.2 Å². The van der Waals surface area contributed by atoms with Gasteiger partial charge >= 0.3 is 0 Å². The molecule has 2 aromatic carbocycles. The van der Waals surface area contributed by atoms with E-state index < -0.39 is 35.6 Å². The molecule has 2 aromatic rings. The van der Waals surface area contributed by atoms with Crippen LogP contribution in [-0.4, -0.2) is 29.8 Å². The van der Waals surface area contributed by atoms with Crippen molar-refractivity contribution in [2.75, 3.05) is 0 Å². The Labute approximate surface area is 170 Å². The number of carbonyl (C=O) groups is 3. The molecule has 6 nitrogen and oxygen atoms in total. The fourth-order valence-electron chi connectivity index (χ4n) is 2.72. The van der Waals surface area contributed by atoms with E-state index in [0.717, 1.165) is 10.0 Å². The highest BCUT2D eigenvalue weighted by Crippen LogP contribution is 2.17. The summed E-state index contributed by atoms with van der Waals surface area (Å²) in [5, 5.41) is 5.06. The lowest BCUT2D eigenvalue weighted by atomic mass is 10.0. The molecule has 4 N–H and O–H groups in total. The molecule has 0 radical (unpaired) electrons. The van der Waals surface area contributed by atoms with Gasteiger partial charge in [0.25, 0.3) is 0 Å². The lowest BCUT2D eigenvalue weighted by molar-refractivity contribution is -0.130. The van der Waals surface area contributed by atoms with Gasteiger partial charge in [0.15, 0.2) is 0 Å². The highest BCUT2D eigenvalue weighted by molar-refractivity contribution is 9.10. The standard InChI is InChI=1S/C20H21BrFN3O3/c1-12(26)24-18(11-14-7-3-5-9-16(14)22)20(28)25-17(19(23)27)10-13-6-2-4-8-15(13)21/h2-9,17-18H,10-11H2,1H3,(H2,23,27)(H,24,26)(H,25,28)/t17-,18+/m1/s1. The van der Waals surface area contributed by atoms with Crippen molar-refractivity contribution in [1.29, 1.82) is 0 Å². The van der Waals surface area contributed by atoms with Gasteiger partial charge in [-0.05, 0) is 23.3 Å². The zero-order valence-electron chi connectivity index (χ0n) is 15.2. The summed E-state index contributed by atoms with van der Waals surface area (Å²) in [5.41, 5.74) is 6.51. The van der Waals surface area contributed by atoms with E-state index in [-0.39, 0.29) is 18.4 Å². The number of amides is 3. The zero-order valence-corrected chi connectivity index (χ0v) is 16.8. The van der Waals surface area contributed by atoms with Crippen molar-refractivity contribution in [1.82, 2.24) is 10.6 Å². The summed E-state index contributed by atoms with van der Waals surface area (Å²) in [6, 6.07) is 11.2. The number of benzene rings is 2. The van der Waals surface area contributed by atoms with E-state index >= 15 is 0 Å². The van der Waals surface area contributed by atoms with Crippen molar-refractivity contribution in [3.8, 4) is 0 Å². The van der Waals surface area contributed by atoms with Crippen molar-refractivity contribution in [3.63, 3.8) is 0 Å². The second kappa shape index (κ2) is 9.98. The molecule has 0 unspecified atom stereocenters. The third kappa shape index (κ3) is 6.16. The van der Waals surface area contributed by atoms with Crippen molar-refractivity contribution in [3.05, 3.63) is 69.9 Å². The lowest BCUT2D eigenvalue weighted by Crippen LogP contribution is -2.54. The van der Waals surface area contributed by atoms with Crippen LogP contribution in [0.25, 0.3) is 0 Å². The summed E-state index contributed by atoms with van der Waals surface area (Å²) >= 11 is 3.39. The molecule has 3 amide bonds. The maximum Gasteiger partial charge on any atom is 0.243 e. The van der Waals surface area contributed by atoms with Crippen molar-refractivity contribution >= 4 is 33.7 Å². The van der Waals surface area contributed by atoms with E-state index in [4.69, 9.17) is 5.73 Å². The molecule has 148 valence electrons. The minimum Gasteiger partial charge on any atom is -0.368 e. The first-order chi connectivity index (χ1) is 13.3. The second-order valence-electron chi connectivity index (χ2n) is 6.31. The number of nitrogens with one attached hydrogen (secondary N) is 2. The molecular formula is C20H21BrFN3O3. The summed E-state index contributed by atoms with van der Waals surface area (Å²) in [5.74, 6) is -2.26. The summed E-state index contributed by atoms with van der Waals surface area (Å²) in [6.07, 6.45) is 0.119. The molecule has 0 aliphatic heterocycles. The summed E-state index contributed by atoms with van der Waals surface area (Å²) in [4.78, 5) is 36.1. The fourth-order valence-corrected chi connectivity index (χ4v) is 3.16. The van der Waals surface area contributed by atoms with Gasteiger partial charge < -0.3 is 16.4 Å². The van der Waals surface area contributed by atoms with E-state index in [2.05, 4.69) is 26.6 Å². The van der Waals surface area contributed by atoms with Crippen LogP contribution in [0.5, 0.6) is 0 Å². The number of hydrogen-bond acceptors (Lipinski definition) is 3. The maximum absolute atomic E-state index is 13.9. The van der Waals surface area contributed by atoms with Gasteiger partial charge in [0.05, 0.1) is 0 Å². The van der Waals surface area contributed by atoms with E-state index in [9.17, 15) is 18.8 Å². The van der Waals surface area contributed by atoms with Crippen molar-refractivity contribution in [2.45, 2.75) is 31.8 Å². The van der Waals surface area contributed by atoms with Crippen LogP contribution >= 0.6 is 15.9 Å². The Balaban J connectivity index is 2.17. The molecule has 28 heavy (non-hydrogen) atoms. The Bertz CT molecular complexity index is 875. The number of halogens is 2. The van der Waals surface area contributed by atoms with Crippen LogP contribution in [0.1, 0.15) is 18.1 Å². The molecule has 0 saturated heterocycles. The lowest BCUT2D eigenvalue weighted by Gasteiger charge is -2.22. The van der Waals surface area contributed by atoms with Gasteiger partial charge in [-0.15, -0.1) is 0 Å². The monoisotopic (exact) mass is 449 g/mol. The molecule has 0 bridgehead atoms. The van der Waals surface area contributed by atoms with Crippen LogP contribution in [0.4, 0.5) is 4.39 Å².